The van der Waals surface area contributed by atoms with Gasteiger partial charge >= 0.3 is 0 Å². The molecule has 2 N–H and O–H groups in total. The van der Waals surface area contributed by atoms with Gasteiger partial charge in [0, 0.05) is 51.4 Å². The topological polar surface area (TPSA) is 46.1 Å². The molecule has 30 heavy (non-hydrogen) atoms. The van der Waals surface area contributed by atoms with Crippen molar-refractivity contribution in [1.82, 2.24) is 25.3 Å². The van der Waals surface area contributed by atoms with E-state index in [0.717, 1.165) is 32.1 Å². The number of nitrogens with one attached hydrogen (secondary N) is 2. The normalized spacial score (nSPS) is 24.3. The average Bonchev–Trinajstić information content (AvgIpc) is 2.79. The number of hydrogen-bond acceptors (Lipinski definition) is 4. The molecule has 3 aliphatic rings. The van der Waals surface area contributed by atoms with Gasteiger partial charge in [0.15, 0.2) is 5.96 Å². The van der Waals surface area contributed by atoms with Gasteiger partial charge in [-0.2, -0.15) is 0 Å². The zero-order valence-electron chi connectivity index (χ0n) is 19.6. The second-order valence-corrected chi connectivity index (χ2v) is 9.23. The highest BCUT2D eigenvalue weighted by Crippen LogP contribution is 2.35. The molecule has 0 atom stereocenters. The van der Waals surface area contributed by atoms with Gasteiger partial charge in [0.05, 0.1) is 6.54 Å². The zero-order chi connectivity index (χ0) is 20.4. The van der Waals surface area contributed by atoms with Crippen molar-refractivity contribution in [3.8, 4) is 0 Å². The van der Waals surface area contributed by atoms with Crippen LogP contribution in [0, 0.1) is 0 Å². The number of piperazine rings is 1. The third-order valence-electron chi connectivity index (χ3n) is 7.32. The smallest absolute Gasteiger partial charge is 0.191 e. The molecule has 7 heteroatoms. The molecular formula is C23H47IN6. The number of piperidine rings is 1. The lowest BCUT2D eigenvalue weighted by molar-refractivity contribution is 0.0407. The van der Waals surface area contributed by atoms with Gasteiger partial charge in [-0.15, -0.1) is 24.0 Å². The molecule has 0 bridgehead atoms. The monoisotopic (exact) mass is 534 g/mol. The highest BCUT2D eigenvalue weighted by atomic mass is 127. The van der Waals surface area contributed by atoms with Crippen LogP contribution in [0.1, 0.15) is 65.2 Å². The maximum atomic E-state index is 5.12. The molecule has 0 spiro atoms. The van der Waals surface area contributed by atoms with Gasteiger partial charge in [-0.3, -0.25) is 14.8 Å². The van der Waals surface area contributed by atoms with E-state index in [4.69, 9.17) is 4.99 Å². The SMILES string of the molecule is CCNC(=NCC1(N2CCCCC2)CCCCC1)NCCN1CCN(CC)CC1.I. The Kier molecular flexibility index (Phi) is 12.3. The Hall–Kier alpha value is -0.120. The highest BCUT2D eigenvalue weighted by Gasteiger charge is 2.38. The summed E-state index contributed by atoms with van der Waals surface area (Å²) in [6.45, 7) is 17.0. The summed E-state index contributed by atoms with van der Waals surface area (Å²) >= 11 is 0. The van der Waals surface area contributed by atoms with Gasteiger partial charge in [-0.1, -0.05) is 32.6 Å². The molecule has 0 aromatic heterocycles. The van der Waals surface area contributed by atoms with Crippen LogP contribution in [0.15, 0.2) is 4.99 Å². The first-order valence-corrected chi connectivity index (χ1v) is 12.5. The summed E-state index contributed by atoms with van der Waals surface area (Å²) < 4.78 is 0. The summed E-state index contributed by atoms with van der Waals surface area (Å²) in [5.41, 5.74) is 0.317. The van der Waals surface area contributed by atoms with Gasteiger partial charge in [0.2, 0.25) is 0 Å². The fourth-order valence-corrected chi connectivity index (χ4v) is 5.38. The van der Waals surface area contributed by atoms with E-state index in [2.05, 4.69) is 39.2 Å². The first kappa shape index (κ1) is 26.1. The van der Waals surface area contributed by atoms with Crippen molar-refractivity contribution in [3.05, 3.63) is 0 Å². The van der Waals surface area contributed by atoms with E-state index in [1.54, 1.807) is 0 Å². The molecule has 0 aromatic rings. The van der Waals surface area contributed by atoms with E-state index in [1.807, 2.05) is 0 Å². The number of aliphatic imine (C=N–C) groups is 1. The van der Waals surface area contributed by atoms with Crippen LogP contribution >= 0.6 is 24.0 Å². The van der Waals surface area contributed by atoms with E-state index in [1.165, 1.54) is 97.2 Å². The van der Waals surface area contributed by atoms with E-state index < -0.39 is 0 Å². The summed E-state index contributed by atoms with van der Waals surface area (Å²) in [7, 11) is 0. The summed E-state index contributed by atoms with van der Waals surface area (Å²) in [5.74, 6) is 1.02. The minimum atomic E-state index is 0. The van der Waals surface area contributed by atoms with Crippen LogP contribution < -0.4 is 10.6 Å². The fraction of sp³-hybridized carbons (Fsp3) is 0.957. The van der Waals surface area contributed by atoms with E-state index in [0.29, 0.717) is 5.54 Å². The number of likely N-dealkylation sites (tertiary alicyclic amines) is 1. The zero-order valence-corrected chi connectivity index (χ0v) is 22.0. The summed E-state index contributed by atoms with van der Waals surface area (Å²) in [4.78, 5) is 13.0. The Bertz CT molecular complexity index is 480. The molecule has 0 radical (unpaired) electrons. The van der Waals surface area contributed by atoms with Crippen LogP contribution in [0.5, 0.6) is 0 Å². The third kappa shape index (κ3) is 7.78. The Labute approximate surface area is 202 Å². The quantitative estimate of drug-likeness (QED) is 0.285. The highest BCUT2D eigenvalue weighted by molar-refractivity contribution is 14.0. The number of guanidine groups is 1. The van der Waals surface area contributed by atoms with Gasteiger partial charge in [-0.25, -0.2) is 0 Å². The lowest BCUT2D eigenvalue weighted by Gasteiger charge is -2.47. The number of nitrogens with zero attached hydrogens (tertiary/aromatic N) is 4. The minimum absolute atomic E-state index is 0. The second kappa shape index (κ2) is 14.1. The predicted octanol–water partition coefficient (Wildman–Crippen LogP) is 2.99. The van der Waals surface area contributed by atoms with Gasteiger partial charge in [0.1, 0.15) is 0 Å². The van der Waals surface area contributed by atoms with Crippen LogP contribution in [0.2, 0.25) is 0 Å². The largest absolute Gasteiger partial charge is 0.357 e. The number of rotatable bonds is 8. The van der Waals surface area contributed by atoms with Gasteiger partial charge in [0.25, 0.3) is 0 Å². The van der Waals surface area contributed by atoms with Crippen LogP contribution in [0.3, 0.4) is 0 Å². The molecule has 1 aliphatic carbocycles. The van der Waals surface area contributed by atoms with E-state index in [-0.39, 0.29) is 24.0 Å². The molecule has 2 heterocycles. The molecule has 0 amide bonds. The molecule has 3 fully saturated rings. The van der Waals surface area contributed by atoms with E-state index >= 15 is 0 Å². The maximum absolute atomic E-state index is 5.12. The van der Waals surface area contributed by atoms with Crippen molar-refractivity contribution in [3.63, 3.8) is 0 Å². The number of hydrogen-bond donors (Lipinski definition) is 2. The van der Waals surface area contributed by atoms with Crippen LogP contribution in [0.25, 0.3) is 0 Å². The number of likely N-dealkylation sites (N-methyl/N-ethyl adjacent to an activating group) is 1. The average molecular weight is 535 g/mol. The lowest BCUT2D eigenvalue weighted by atomic mass is 9.79. The van der Waals surface area contributed by atoms with Crippen molar-refractivity contribution >= 4 is 29.9 Å². The predicted molar refractivity (Wildman–Crippen MR) is 139 cm³/mol. The van der Waals surface area contributed by atoms with Crippen LogP contribution in [-0.2, 0) is 0 Å². The third-order valence-corrected chi connectivity index (χ3v) is 7.32. The Morgan fingerprint density at radius 2 is 1.43 bits per heavy atom. The second-order valence-electron chi connectivity index (χ2n) is 9.23. The summed E-state index contributed by atoms with van der Waals surface area (Å²) in [6.07, 6.45) is 11.0. The Morgan fingerprint density at radius 3 is 2.07 bits per heavy atom. The molecule has 176 valence electrons. The Balaban J connectivity index is 0.00000320. The van der Waals surface area contributed by atoms with Gasteiger partial charge < -0.3 is 15.5 Å². The molecule has 6 nitrogen and oxygen atoms in total. The molecule has 2 aliphatic heterocycles. The lowest BCUT2D eigenvalue weighted by Crippen LogP contribution is -2.55. The maximum Gasteiger partial charge on any atom is 0.191 e. The number of halogens is 1. The van der Waals surface area contributed by atoms with Crippen molar-refractivity contribution in [2.24, 2.45) is 4.99 Å². The van der Waals surface area contributed by atoms with Crippen molar-refractivity contribution in [2.75, 3.05) is 72.0 Å². The van der Waals surface area contributed by atoms with Crippen molar-refractivity contribution in [1.29, 1.82) is 0 Å². The molecule has 0 aromatic carbocycles. The van der Waals surface area contributed by atoms with Crippen molar-refractivity contribution < 1.29 is 0 Å². The Morgan fingerprint density at radius 1 is 0.800 bits per heavy atom. The van der Waals surface area contributed by atoms with E-state index in [9.17, 15) is 0 Å². The minimum Gasteiger partial charge on any atom is -0.357 e. The molecular weight excluding hydrogens is 487 g/mol. The molecule has 3 rings (SSSR count). The summed E-state index contributed by atoms with van der Waals surface area (Å²) in [5, 5.41) is 7.11. The molecule has 2 saturated heterocycles. The summed E-state index contributed by atoms with van der Waals surface area (Å²) in [6, 6.07) is 0. The molecule has 1 saturated carbocycles. The van der Waals surface area contributed by atoms with Crippen molar-refractivity contribution in [2.45, 2.75) is 70.8 Å². The van der Waals surface area contributed by atoms with Crippen LogP contribution in [-0.4, -0.2) is 98.2 Å². The van der Waals surface area contributed by atoms with Crippen LogP contribution in [0.4, 0.5) is 0 Å². The molecule has 0 unspecified atom stereocenters. The standard InChI is InChI=1S/C23H46N6.HI/c1-3-24-22(25-13-16-28-19-17-27(4-2)18-20-28)26-21-23(11-7-5-8-12-23)29-14-9-6-10-15-29;/h3-21H2,1-2H3,(H2,24,25,26);1H. The fourth-order valence-electron chi connectivity index (χ4n) is 5.38. The first-order chi connectivity index (χ1) is 14.3. The van der Waals surface area contributed by atoms with Gasteiger partial charge in [-0.05, 0) is 52.2 Å². The first-order valence-electron chi connectivity index (χ1n) is 12.5.